The summed E-state index contributed by atoms with van der Waals surface area (Å²) in [6.45, 7) is 8.22. The number of nitrogens with zero attached hydrogens (tertiary/aromatic N) is 3. The van der Waals surface area contributed by atoms with Crippen molar-refractivity contribution in [3.8, 4) is 5.75 Å². The third-order valence-electron chi connectivity index (χ3n) is 6.53. The van der Waals surface area contributed by atoms with Crippen LogP contribution >= 0.6 is 0 Å². The molecular formula is C25H40N4O5S. The van der Waals surface area contributed by atoms with Crippen LogP contribution in [-0.2, 0) is 21.4 Å². The molecule has 10 heteroatoms. The van der Waals surface area contributed by atoms with Gasteiger partial charge in [0.1, 0.15) is 5.75 Å². The van der Waals surface area contributed by atoms with Crippen molar-refractivity contribution in [1.82, 2.24) is 19.4 Å². The fourth-order valence-corrected chi connectivity index (χ4v) is 5.24. The molecule has 0 atom stereocenters. The summed E-state index contributed by atoms with van der Waals surface area (Å²) in [4.78, 5) is 30.0. The van der Waals surface area contributed by atoms with Gasteiger partial charge in [0, 0.05) is 50.4 Å². The smallest absolute Gasteiger partial charge is 0.254 e. The van der Waals surface area contributed by atoms with Crippen molar-refractivity contribution in [3.63, 3.8) is 0 Å². The number of benzene rings is 1. The number of carbonyl (C=O) groups excluding carboxylic acids is 2. The Bertz CT molecular complexity index is 974. The lowest BCUT2D eigenvalue weighted by Crippen LogP contribution is -2.50. The molecule has 0 bridgehead atoms. The Labute approximate surface area is 209 Å². The first-order valence-electron chi connectivity index (χ1n) is 12.6. The largest absolute Gasteiger partial charge is 0.493 e. The van der Waals surface area contributed by atoms with Gasteiger partial charge in [0.25, 0.3) is 5.91 Å². The minimum absolute atomic E-state index is 0.00354. The predicted octanol–water partition coefficient (Wildman–Crippen LogP) is 1.93. The third-order valence-corrected chi connectivity index (χ3v) is 7.83. The fourth-order valence-electron chi connectivity index (χ4n) is 4.41. The van der Waals surface area contributed by atoms with Crippen LogP contribution in [0.1, 0.15) is 55.5 Å². The highest BCUT2D eigenvalue weighted by Crippen LogP contribution is 2.27. The van der Waals surface area contributed by atoms with Gasteiger partial charge in [-0.15, -0.1) is 0 Å². The van der Waals surface area contributed by atoms with Crippen molar-refractivity contribution in [2.24, 2.45) is 5.92 Å². The molecule has 196 valence electrons. The Morgan fingerprint density at radius 2 is 1.83 bits per heavy atom. The van der Waals surface area contributed by atoms with Gasteiger partial charge in [-0.05, 0) is 50.3 Å². The number of sulfonamides is 1. The van der Waals surface area contributed by atoms with E-state index in [0.717, 1.165) is 37.8 Å². The predicted molar refractivity (Wildman–Crippen MR) is 136 cm³/mol. The van der Waals surface area contributed by atoms with Crippen LogP contribution in [0.25, 0.3) is 0 Å². The maximum absolute atomic E-state index is 13.6. The first kappa shape index (κ1) is 27.4. The maximum Gasteiger partial charge on any atom is 0.254 e. The number of hydrogen-bond donors (Lipinski definition) is 1. The van der Waals surface area contributed by atoms with Gasteiger partial charge in [-0.1, -0.05) is 19.9 Å². The molecule has 1 aromatic rings. The van der Waals surface area contributed by atoms with Crippen molar-refractivity contribution in [3.05, 3.63) is 29.3 Å². The lowest BCUT2D eigenvalue weighted by Gasteiger charge is -2.34. The van der Waals surface area contributed by atoms with Crippen LogP contribution in [-0.4, -0.2) is 93.0 Å². The van der Waals surface area contributed by atoms with Crippen molar-refractivity contribution in [2.75, 3.05) is 58.7 Å². The normalized spacial score (nSPS) is 19.7. The molecule has 9 nitrogen and oxygen atoms in total. The van der Waals surface area contributed by atoms with Crippen LogP contribution in [0.5, 0.6) is 5.75 Å². The Kier molecular flexibility index (Phi) is 9.94. The monoisotopic (exact) mass is 508 g/mol. The molecule has 2 aliphatic rings. The molecule has 35 heavy (non-hydrogen) atoms. The van der Waals surface area contributed by atoms with Gasteiger partial charge in [-0.25, -0.2) is 8.42 Å². The second-order valence-corrected chi connectivity index (χ2v) is 11.9. The number of hydrogen-bond acceptors (Lipinski definition) is 6. The molecule has 1 fully saturated rings. The van der Waals surface area contributed by atoms with Gasteiger partial charge in [0.2, 0.25) is 15.9 Å². The van der Waals surface area contributed by atoms with Crippen LogP contribution in [0.4, 0.5) is 0 Å². The van der Waals surface area contributed by atoms with Crippen LogP contribution in [0.3, 0.4) is 0 Å². The highest BCUT2D eigenvalue weighted by molar-refractivity contribution is 7.88. The summed E-state index contributed by atoms with van der Waals surface area (Å²) in [5.41, 5.74) is 1.35. The number of carbonyl (C=O) groups is 2. The van der Waals surface area contributed by atoms with Crippen LogP contribution in [0.15, 0.2) is 18.2 Å². The van der Waals surface area contributed by atoms with E-state index in [1.165, 1.54) is 10.6 Å². The number of fused-ring (bicyclic) bond motifs is 1. The topological polar surface area (TPSA) is 99.3 Å². The lowest BCUT2D eigenvalue weighted by molar-refractivity contribution is -0.122. The number of nitrogens with one attached hydrogen (secondary N) is 1. The van der Waals surface area contributed by atoms with Gasteiger partial charge >= 0.3 is 0 Å². The minimum atomic E-state index is -3.27. The van der Waals surface area contributed by atoms with Crippen molar-refractivity contribution >= 4 is 21.8 Å². The zero-order chi connectivity index (χ0) is 25.4. The van der Waals surface area contributed by atoms with Crippen LogP contribution < -0.4 is 10.1 Å². The van der Waals surface area contributed by atoms with Crippen molar-refractivity contribution < 1.29 is 22.7 Å². The Morgan fingerprint density at radius 1 is 1.09 bits per heavy atom. The Morgan fingerprint density at radius 3 is 2.51 bits per heavy atom. The summed E-state index contributed by atoms with van der Waals surface area (Å²) in [7, 11) is -3.27. The molecule has 2 heterocycles. The second-order valence-electron chi connectivity index (χ2n) is 9.89. The molecule has 0 saturated carbocycles. The van der Waals surface area contributed by atoms with Gasteiger partial charge in [-0.2, -0.15) is 4.31 Å². The molecule has 1 saturated heterocycles. The molecule has 0 spiro atoms. The summed E-state index contributed by atoms with van der Waals surface area (Å²) in [5.74, 6) is 1.04. The van der Waals surface area contributed by atoms with Crippen molar-refractivity contribution in [1.29, 1.82) is 0 Å². The molecule has 0 aliphatic carbocycles. The maximum atomic E-state index is 13.6. The highest BCUT2D eigenvalue weighted by atomic mass is 32.2. The molecule has 0 radical (unpaired) electrons. The van der Waals surface area contributed by atoms with Crippen molar-refractivity contribution in [2.45, 2.75) is 46.1 Å². The SMILES string of the molecule is CC(C)CCN1CC(=O)NCCCCCOc2cccc(C(=O)N3CCN(S(C)(=O)=O)CC3)c2C1. The molecular weight excluding hydrogens is 468 g/mol. The number of piperazine rings is 1. The number of amides is 2. The minimum Gasteiger partial charge on any atom is -0.493 e. The van der Waals surface area contributed by atoms with Gasteiger partial charge in [0.05, 0.1) is 19.4 Å². The van der Waals surface area contributed by atoms with E-state index < -0.39 is 10.0 Å². The van der Waals surface area contributed by atoms with E-state index in [2.05, 4.69) is 24.1 Å². The molecule has 0 unspecified atom stereocenters. The number of rotatable bonds is 5. The molecule has 2 amide bonds. The van der Waals surface area contributed by atoms with E-state index >= 15 is 0 Å². The van der Waals surface area contributed by atoms with Gasteiger partial charge in [-0.3, -0.25) is 14.5 Å². The summed E-state index contributed by atoms with van der Waals surface area (Å²) < 4.78 is 31.3. The molecule has 3 rings (SSSR count). The summed E-state index contributed by atoms with van der Waals surface area (Å²) in [6, 6.07) is 5.54. The van der Waals surface area contributed by atoms with Gasteiger partial charge in [0.15, 0.2) is 0 Å². The van der Waals surface area contributed by atoms with E-state index in [0.29, 0.717) is 50.0 Å². The Balaban J connectivity index is 1.87. The lowest BCUT2D eigenvalue weighted by atomic mass is 10.0. The van der Waals surface area contributed by atoms with Crippen LogP contribution in [0, 0.1) is 5.92 Å². The van der Waals surface area contributed by atoms with E-state index in [9.17, 15) is 18.0 Å². The van der Waals surface area contributed by atoms with E-state index in [1.807, 2.05) is 18.2 Å². The molecule has 2 aliphatic heterocycles. The van der Waals surface area contributed by atoms with E-state index in [-0.39, 0.29) is 31.4 Å². The number of ether oxygens (including phenoxy) is 1. The summed E-state index contributed by atoms with van der Waals surface area (Å²) in [6.07, 6.45) is 4.87. The summed E-state index contributed by atoms with van der Waals surface area (Å²) >= 11 is 0. The average molecular weight is 509 g/mol. The zero-order valence-corrected chi connectivity index (χ0v) is 22.1. The first-order chi connectivity index (χ1) is 16.6. The highest BCUT2D eigenvalue weighted by Gasteiger charge is 2.29. The Hall–Kier alpha value is -2.17. The summed E-state index contributed by atoms with van der Waals surface area (Å²) in [5, 5.41) is 3.02. The fraction of sp³-hybridized carbons (Fsp3) is 0.680. The second kappa shape index (κ2) is 12.7. The van der Waals surface area contributed by atoms with Crippen LogP contribution in [0.2, 0.25) is 0 Å². The molecule has 1 aromatic carbocycles. The van der Waals surface area contributed by atoms with E-state index in [4.69, 9.17) is 4.74 Å². The van der Waals surface area contributed by atoms with E-state index in [1.54, 1.807) is 4.90 Å². The standard InChI is InChI=1S/C25H40N4O5S/c1-20(2)10-12-27-18-22-21(25(31)28-13-15-29(16-14-28)35(3,32)33)8-7-9-23(22)34-17-6-4-5-11-26-24(30)19-27/h7-9,20H,4-6,10-19H2,1-3H3,(H,26,30). The average Bonchev–Trinajstić information content (AvgIpc) is 2.82. The first-order valence-corrected chi connectivity index (χ1v) is 14.5. The van der Waals surface area contributed by atoms with Gasteiger partial charge < -0.3 is 15.0 Å². The quantitative estimate of drug-likeness (QED) is 0.653. The third kappa shape index (κ3) is 8.18. The molecule has 0 aromatic heterocycles. The molecule has 1 N–H and O–H groups in total. The zero-order valence-electron chi connectivity index (χ0n) is 21.3.